The number of methoxy groups -OCH3 is 1. The summed E-state index contributed by atoms with van der Waals surface area (Å²) in [4.78, 5) is 4.03. The summed E-state index contributed by atoms with van der Waals surface area (Å²) in [6, 6.07) is 0. The smallest absolute Gasteiger partial charge is 0.125 e. The normalized spacial score (nSPS) is 17.9. The molecule has 0 spiro atoms. The highest BCUT2D eigenvalue weighted by Crippen LogP contribution is 2.33. The van der Waals surface area contributed by atoms with Gasteiger partial charge in [0, 0.05) is 30.6 Å². The third-order valence-electron chi connectivity index (χ3n) is 2.96. The molecule has 1 aliphatic carbocycles. The zero-order valence-electron chi connectivity index (χ0n) is 11.2. The summed E-state index contributed by atoms with van der Waals surface area (Å²) in [5.74, 6) is 1.45. The average molecular weight is 234 g/mol. The Balaban J connectivity index is 3.19. The van der Waals surface area contributed by atoms with Gasteiger partial charge in [-0.3, -0.25) is 4.99 Å². The molecule has 0 bridgehead atoms. The maximum Gasteiger partial charge on any atom is 0.125 e. The number of allylic oxidation sites excluding steroid dienone is 3. The van der Waals surface area contributed by atoms with E-state index in [0.29, 0.717) is 5.92 Å². The summed E-state index contributed by atoms with van der Waals surface area (Å²) in [6.45, 7) is 4.38. The lowest BCUT2D eigenvalue weighted by molar-refractivity contribution is 0.289. The average Bonchev–Trinajstić information content (AvgIpc) is 2.34. The van der Waals surface area contributed by atoms with E-state index in [0.717, 1.165) is 29.7 Å². The van der Waals surface area contributed by atoms with Crippen LogP contribution in [0, 0.1) is 5.92 Å². The lowest BCUT2D eigenvalue weighted by atomic mass is 9.87. The first-order valence-electron chi connectivity index (χ1n) is 5.97. The van der Waals surface area contributed by atoms with E-state index in [1.165, 1.54) is 5.57 Å². The predicted molar refractivity (Wildman–Crippen MR) is 72.9 cm³/mol. The summed E-state index contributed by atoms with van der Waals surface area (Å²) in [6.07, 6.45) is 7.62. The molecular weight excluding hydrogens is 212 g/mol. The van der Waals surface area contributed by atoms with E-state index < -0.39 is 0 Å². The van der Waals surface area contributed by atoms with E-state index in [4.69, 9.17) is 10.5 Å². The second-order valence-electron chi connectivity index (χ2n) is 4.38. The van der Waals surface area contributed by atoms with Gasteiger partial charge >= 0.3 is 0 Å². The molecule has 0 radical (unpaired) electrons. The summed E-state index contributed by atoms with van der Waals surface area (Å²) in [7, 11) is 3.46. The molecule has 0 saturated heterocycles. The molecule has 94 valence electrons. The molecule has 0 fully saturated rings. The van der Waals surface area contributed by atoms with Crippen molar-refractivity contribution in [2.45, 2.75) is 26.7 Å². The van der Waals surface area contributed by atoms with E-state index in [-0.39, 0.29) is 0 Å². The molecule has 2 N–H and O–H groups in total. The third-order valence-corrected chi connectivity index (χ3v) is 2.96. The minimum absolute atomic E-state index is 0.492. The van der Waals surface area contributed by atoms with Gasteiger partial charge in [-0.1, -0.05) is 19.9 Å². The largest absolute Gasteiger partial charge is 0.496 e. The maximum atomic E-state index is 5.66. The van der Waals surface area contributed by atoms with Gasteiger partial charge in [-0.25, -0.2) is 0 Å². The molecule has 1 aliphatic rings. The van der Waals surface area contributed by atoms with Crippen LogP contribution in [0.25, 0.3) is 0 Å². The zero-order chi connectivity index (χ0) is 12.8. The van der Waals surface area contributed by atoms with Crippen molar-refractivity contribution in [1.29, 1.82) is 0 Å². The van der Waals surface area contributed by atoms with E-state index in [1.807, 2.05) is 0 Å². The van der Waals surface area contributed by atoms with Gasteiger partial charge in [0.05, 0.1) is 7.11 Å². The van der Waals surface area contributed by atoms with E-state index >= 15 is 0 Å². The predicted octanol–water partition coefficient (Wildman–Crippen LogP) is 2.81. The molecule has 1 rings (SSSR count). The standard InChI is InChI=1S/C14H22N2O/c1-10(2)12-6-5-7-13(14(12)17-4)11(8-15)9-16-3/h7-10H,5-6,15H2,1-4H3. The molecule has 0 saturated carbocycles. The van der Waals surface area contributed by atoms with Gasteiger partial charge in [-0.05, 0) is 24.3 Å². The Kier molecular flexibility index (Phi) is 5.01. The molecule has 0 unspecified atom stereocenters. The van der Waals surface area contributed by atoms with Crippen LogP contribution in [0.5, 0.6) is 0 Å². The summed E-state index contributed by atoms with van der Waals surface area (Å²) >= 11 is 0. The van der Waals surface area contributed by atoms with Gasteiger partial charge in [-0.2, -0.15) is 0 Å². The van der Waals surface area contributed by atoms with Crippen molar-refractivity contribution >= 4 is 6.21 Å². The van der Waals surface area contributed by atoms with E-state index in [1.54, 1.807) is 26.6 Å². The fourth-order valence-electron chi connectivity index (χ4n) is 2.13. The molecule has 0 amide bonds. The van der Waals surface area contributed by atoms with Crippen molar-refractivity contribution in [2.75, 3.05) is 14.2 Å². The highest BCUT2D eigenvalue weighted by atomic mass is 16.5. The number of nitrogens with two attached hydrogens (primary N) is 1. The van der Waals surface area contributed by atoms with Crippen LogP contribution in [0.2, 0.25) is 0 Å². The van der Waals surface area contributed by atoms with Gasteiger partial charge in [-0.15, -0.1) is 0 Å². The summed E-state index contributed by atoms with van der Waals surface area (Å²) < 4.78 is 5.56. The van der Waals surface area contributed by atoms with Crippen LogP contribution in [0.1, 0.15) is 26.7 Å². The monoisotopic (exact) mass is 234 g/mol. The fraction of sp³-hybridized carbons (Fsp3) is 0.500. The first kappa shape index (κ1) is 13.6. The Morgan fingerprint density at radius 3 is 2.71 bits per heavy atom. The molecule has 0 aliphatic heterocycles. The SMILES string of the molecule is CN=CC(=CN)C1=CCCC(C(C)C)=C1OC. The zero-order valence-corrected chi connectivity index (χ0v) is 11.2. The molecule has 0 aromatic heterocycles. The van der Waals surface area contributed by atoms with Crippen LogP contribution < -0.4 is 5.73 Å². The summed E-state index contributed by atoms with van der Waals surface area (Å²) in [5, 5.41) is 0. The van der Waals surface area contributed by atoms with Crippen LogP contribution >= 0.6 is 0 Å². The Morgan fingerprint density at radius 1 is 1.53 bits per heavy atom. The van der Waals surface area contributed by atoms with Crippen molar-refractivity contribution in [3.05, 3.63) is 34.8 Å². The molecule has 0 aromatic carbocycles. The van der Waals surface area contributed by atoms with Gasteiger partial charge in [0.25, 0.3) is 0 Å². The number of ether oxygens (including phenoxy) is 1. The highest BCUT2D eigenvalue weighted by molar-refractivity contribution is 5.86. The number of hydrogen-bond acceptors (Lipinski definition) is 3. The second kappa shape index (κ2) is 6.28. The molecule has 17 heavy (non-hydrogen) atoms. The lowest BCUT2D eigenvalue weighted by Gasteiger charge is -2.23. The highest BCUT2D eigenvalue weighted by Gasteiger charge is 2.20. The van der Waals surface area contributed by atoms with Gasteiger partial charge in [0.15, 0.2) is 0 Å². The quantitative estimate of drug-likeness (QED) is 0.760. The molecular formula is C14H22N2O. The fourth-order valence-corrected chi connectivity index (χ4v) is 2.13. The molecule has 0 heterocycles. The minimum Gasteiger partial charge on any atom is -0.496 e. The second-order valence-corrected chi connectivity index (χ2v) is 4.38. The van der Waals surface area contributed by atoms with Crippen LogP contribution in [0.3, 0.4) is 0 Å². The number of aliphatic imine (C=N–C) groups is 1. The molecule has 0 atom stereocenters. The Morgan fingerprint density at radius 2 is 2.24 bits per heavy atom. The maximum absolute atomic E-state index is 5.66. The lowest BCUT2D eigenvalue weighted by Crippen LogP contribution is -2.11. The Labute approximate surface area is 104 Å². The summed E-state index contributed by atoms with van der Waals surface area (Å²) in [5.41, 5.74) is 9.00. The minimum atomic E-state index is 0.492. The van der Waals surface area contributed by atoms with Gasteiger partial charge in [0.1, 0.15) is 5.76 Å². The van der Waals surface area contributed by atoms with Crippen molar-refractivity contribution in [1.82, 2.24) is 0 Å². The molecule has 3 nitrogen and oxygen atoms in total. The van der Waals surface area contributed by atoms with Crippen LogP contribution in [-0.2, 0) is 4.74 Å². The molecule has 0 aromatic rings. The van der Waals surface area contributed by atoms with Crippen molar-refractivity contribution in [2.24, 2.45) is 16.6 Å². The van der Waals surface area contributed by atoms with E-state index in [9.17, 15) is 0 Å². The first-order valence-corrected chi connectivity index (χ1v) is 5.97. The van der Waals surface area contributed by atoms with Gasteiger partial charge in [0.2, 0.25) is 0 Å². The van der Waals surface area contributed by atoms with Gasteiger partial charge < -0.3 is 10.5 Å². The van der Waals surface area contributed by atoms with Crippen LogP contribution in [-0.4, -0.2) is 20.4 Å². The topological polar surface area (TPSA) is 47.6 Å². The third kappa shape index (κ3) is 2.99. The van der Waals surface area contributed by atoms with Crippen molar-refractivity contribution in [3.63, 3.8) is 0 Å². The van der Waals surface area contributed by atoms with Crippen LogP contribution in [0.15, 0.2) is 39.7 Å². The Bertz CT molecular complexity index is 387. The Hall–Kier alpha value is -1.51. The number of nitrogens with zero attached hydrogens (tertiary/aromatic N) is 1. The number of rotatable bonds is 4. The van der Waals surface area contributed by atoms with Crippen LogP contribution in [0.4, 0.5) is 0 Å². The number of hydrogen-bond donors (Lipinski definition) is 1. The van der Waals surface area contributed by atoms with E-state index in [2.05, 4.69) is 24.9 Å². The molecule has 3 heteroatoms. The van der Waals surface area contributed by atoms with Crippen molar-refractivity contribution in [3.8, 4) is 0 Å². The van der Waals surface area contributed by atoms with Crippen molar-refractivity contribution < 1.29 is 4.74 Å². The first-order chi connectivity index (χ1) is 8.15.